The maximum absolute atomic E-state index is 12.8. The molecule has 1 aliphatic heterocycles. The first-order valence-corrected chi connectivity index (χ1v) is 12.6. The largest absolute Gasteiger partial charge is 0.383 e. The van der Waals surface area contributed by atoms with Crippen LogP contribution in [0.5, 0.6) is 0 Å². The number of nitrogens with one attached hydrogen (secondary N) is 2. The molecular weight excluding hydrogens is 442 g/mol. The Kier molecular flexibility index (Phi) is 6.83. The Morgan fingerprint density at radius 3 is 2.61 bits per heavy atom. The van der Waals surface area contributed by atoms with E-state index in [2.05, 4.69) is 22.2 Å². The summed E-state index contributed by atoms with van der Waals surface area (Å²) in [6.07, 6.45) is 3.40. The van der Waals surface area contributed by atoms with Crippen LogP contribution in [0.25, 0.3) is 0 Å². The van der Waals surface area contributed by atoms with Gasteiger partial charge in [0.2, 0.25) is 21.8 Å². The summed E-state index contributed by atoms with van der Waals surface area (Å²) in [5.41, 5.74) is 3.95. The molecule has 1 fully saturated rings. The van der Waals surface area contributed by atoms with Gasteiger partial charge in [0.1, 0.15) is 0 Å². The zero-order valence-electron chi connectivity index (χ0n) is 18.8. The Labute approximate surface area is 194 Å². The number of methoxy groups -OCH3 is 1. The highest BCUT2D eigenvalue weighted by molar-refractivity contribution is 7.89. The van der Waals surface area contributed by atoms with E-state index in [9.17, 15) is 18.0 Å². The Morgan fingerprint density at radius 1 is 1.15 bits per heavy atom. The molecular formula is C24H29N3O5S. The van der Waals surface area contributed by atoms with Gasteiger partial charge < -0.3 is 15.0 Å². The number of amides is 2. The lowest BCUT2D eigenvalue weighted by atomic mass is 10.1. The van der Waals surface area contributed by atoms with E-state index in [1.54, 1.807) is 24.0 Å². The van der Waals surface area contributed by atoms with Crippen LogP contribution < -0.4 is 14.9 Å². The minimum atomic E-state index is -3.69. The fraction of sp³-hybridized carbons (Fsp3) is 0.417. The van der Waals surface area contributed by atoms with Crippen LogP contribution in [0, 0.1) is 5.92 Å². The molecule has 9 heteroatoms. The van der Waals surface area contributed by atoms with Crippen molar-refractivity contribution >= 4 is 33.2 Å². The van der Waals surface area contributed by atoms with E-state index >= 15 is 0 Å². The lowest BCUT2D eigenvalue weighted by molar-refractivity contribution is -0.122. The van der Waals surface area contributed by atoms with Crippen molar-refractivity contribution in [1.29, 1.82) is 0 Å². The molecule has 1 heterocycles. The van der Waals surface area contributed by atoms with Crippen molar-refractivity contribution in [3.05, 3.63) is 53.6 Å². The highest BCUT2D eigenvalue weighted by Gasteiger charge is 2.35. The summed E-state index contributed by atoms with van der Waals surface area (Å²) in [5.74, 6) is -0.786. The number of carbonyl (C=O) groups is 2. The van der Waals surface area contributed by atoms with Crippen LogP contribution in [0.3, 0.4) is 0 Å². The Balaban J connectivity index is 1.38. The summed E-state index contributed by atoms with van der Waals surface area (Å²) in [4.78, 5) is 27.2. The van der Waals surface area contributed by atoms with E-state index in [0.717, 1.165) is 24.9 Å². The number of carbonyl (C=O) groups excluding carboxylic acids is 2. The van der Waals surface area contributed by atoms with Crippen molar-refractivity contribution in [2.45, 2.75) is 43.5 Å². The van der Waals surface area contributed by atoms with Crippen LogP contribution in [0.1, 0.15) is 30.9 Å². The summed E-state index contributed by atoms with van der Waals surface area (Å²) in [6.45, 7) is 2.30. The highest BCUT2D eigenvalue weighted by Crippen LogP contribution is 2.31. The molecule has 2 amide bonds. The summed E-state index contributed by atoms with van der Waals surface area (Å²) < 4.78 is 32.4. The molecule has 0 spiro atoms. The standard InChI is InChI=1S/C24H29N3O5S/c1-16(15-32-2)26-33(30,31)22-10-7-20(8-11-22)25-24(29)19-13-23(28)27(14-19)21-9-6-17-4-3-5-18(17)12-21/h6-12,16,19,26H,3-5,13-15H2,1-2H3,(H,25,29). The van der Waals surface area contributed by atoms with Gasteiger partial charge in [-0.15, -0.1) is 0 Å². The van der Waals surface area contributed by atoms with Crippen molar-refractivity contribution in [1.82, 2.24) is 4.72 Å². The average Bonchev–Trinajstić information content (AvgIpc) is 3.39. The van der Waals surface area contributed by atoms with E-state index in [1.807, 2.05) is 6.07 Å². The first kappa shape index (κ1) is 23.4. The molecule has 4 rings (SSSR count). The number of anilines is 2. The van der Waals surface area contributed by atoms with Crippen molar-refractivity contribution in [2.75, 3.05) is 30.5 Å². The lowest BCUT2D eigenvalue weighted by Crippen LogP contribution is -2.35. The number of hydrogen-bond acceptors (Lipinski definition) is 5. The normalized spacial score (nSPS) is 18.9. The predicted molar refractivity (Wildman–Crippen MR) is 126 cm³/mol. The first-order valence-electron chi connectivity index (χ1n) is 11.1. The summed E-state index contributed by atoms with van der Waals surface area (Å²) in [6, 6.07) is 11.7. The van der Waals surface area contributed by atoms with Gasteiger partial charge in [-0.05, 0) is 73.7 Å². The topological polar surface area (TPSA) is 105 Å². The molecule has 0 bridgehead atoms. The van der Waals surface area contributed by atoms with Crippen molar-refractivity contribution in [2.24, 2.45) is 5.92 Å². The minimum Gasteiger partial charge on any atom is -0.383 e. The third kappa shape index (κ3) is 5.26. The minimum absolute atomic E-state index is 0.0641. The van der Waals surface area contributed by atoms with E-state index < -0.39 is 15.9 Å². The van der Waals surface area contributed by atoms with Gasteiger partial charge in [0, 0.05) is 37.5 Å². The molecule has 0 aromatic heterocycles. The molecule has 0 radical (unpaired) electrons. The van der Waals surface area contributed by atoms with Crippen LogP contribution in [0.4, 0.5) is 11.4 Å². The fourth-order valence-electron chi connectivity index (χ4n) is 4.44. The molecule has 8 nitrogen and oxygen atoms in total. The molecule has 2 aliphatic rings. The highest BCUT2D eigenvalue weighted by atomic mass is 32.2. The summed E-state index contributed by atoms with van der Waals surface area (Å²) >= 11 is 0. The molecule has 1 aliphatic carbocycles. The molecule has 2 aromatic rings. The molecule has 0 saturated carbocycles. The van der Waals surface area contributed by atoms with Gasteiger partial charge in [0.05, 0.1) is 17.4 Å². The van der Waals surface area contributed by atoms with Crippen molar-refractivity contribution in [3.8, 4) is 0 Å². The van der Waals surface area contributed by atoms with Gasteiger partial charge in [0.15, 0.2) is 0 Å². The van der Waals surface area contributed by atoms with Gasteiger partial charge in [-0.2, -0.15) is 0 Å². The number of nitrogens with zero attached hydrogens (tertiary/aromatic N) is 1. The van der Waals surface area contributed by atoms with Gasteiger partial charge >= 0.3 is 0 Å². The number of aryl methyl sites for hydroxylation is 2. The number of rotatable bonds is 8. The molecule has 33 heavy (non-hydrogen) atoms. The number of benzene rings is 2. The van der Waals surface area contributed by atoms with Crippen molar-refractivity contribution in [3.63, 3.8) is 0 Å². The fourth-order valence-corrected chi connectivity index (χ4v) is 5.67. The molecule has 176 valence electrons. The van der Waals surface area contributed by atoms with Crippen LogP contribution in [-0.4, -0.2) is 46.5 Å². The molecule has 2 N–H and O–H groups in total. The van der Waals surface area contributed by atoms with Gasteiger partial charge in [-0.1, -0.05) is 6.07 Å². The Hall–Kier alpha value is -2.75. The Morgan fingerprint density at radius 2 is 1.88 bits per heavy atom. The smallest absolute Gasteiger partial charge is 0.240 e. The van der Waals surface area contributed by atoms with Crippen molar-refractivity contribution < 1.29 is 22.7 Å². The summed E-state index contributed by atoms with van der Waals surface area (Å²) in [7, 11) is -2.18. The maximum atomic E-state index is 12.8. The van der Waals surface area contributed by atoms with E-state index in [-0.39, 0.29) is 35.8 Å². The zero-order chi connectivity index (χ0) is 23.6. The third-order valence-corrected chi connectivity index (χ3v) is 7.70. The van der Waals surface area contributed by atoms with E-state index in [4.69, 9.17) is 4.74 Å². The second kappa shape index (κ2) is 9.62. The summed E-state index contributed by atoms with van der Waals surface area (Å²) in [5, 5.41) is 2.80. The molecule has 2 unspecified atom stereocenters. The second-order valence-corrected chi connectivity index (χ2v) is 10.4. The molecule has 1 saturated heterocycles. The molecule has 2 atom stereocenters. The lowest BCUT2D eigenvalue weighted by Gasteiger charge is -2.18. The quantitative estimate of drug-likeness (QED) is 0.616. The van der Waals surface area contributed by atoms with Gasteiger partial charge in [0.25, 0.3) is 0 Å². The van der Waals surface area contributed by atoms with Crippen LogP contribution in [0.2, 0.25) is 0 Å². The van der Waals surface area contributed by atoms with Crippen LogP contribution in [0.15, 0.2) is 47.4 Å². The first-order chi connectivity index (χ1) is 15.8. The Bertz CT molecular complexity index is 1150. The monoisotopic (exact) mass is 471 g/mol. The maximum Gasteiger partial charge on any atom is 0.240 e. The molecule has 2 aromatic carbocycles. The van der Waals surface area contributed by atoms with Crippen LogP contribution >= 0.6 is 0 Å². The number of fused-ring (bicyclic) bond motifs is 1. The number of ether oxygens (including phenoxy) is 1. The predicted octanol–water partition coefficient (Wildman–Crippen LogP) is 2.48. The average molecular weight is 472 g/mol. The SMILES string of the molecule is COCC(C)NS(=O)(=O)c1ccc(NC(=O)C2CC(=O)N(c3ccc4c(c3)CCC4)C2)cc1. The van der Waals surface area contributed by atoms with E-state index in [1.165, 1.54) is 30.4 Å². The second-order valence-electron chi connectivity index (χ2n) is 8.70. The van der Waals surface area contributed by atoms with E-state index in [0.29, 0.717) is 12.2 Å². The van der Waals surface area contributed by atoms with Gasteiger partial charge in [-0.25, -0.2) is 13.1 Å². The van der Waals surface area contributed by atoms with Crippen LogP contribution in [-0.2, 0) is 37.2 Å². The van der Waals surface area contributed by atoms with Gasteiger partial charge in [-0.3, -0.25) is 9.59 Å². The number of sulfonamides is 1. The third-order valence-electron chi connectivity index (χ3n) is 6.09. The zero-order valence-corrected chi connectivity index (χ0v) is 19.7. The number of hydrogen-bond donors (Lipinski definition) is 2.